The third-order valence-corrected chi connectivity index (χ3v) is 4.06. The zero-order valence-corrected chi connectivity index (χ0v) is 13.1. The number of nitrogens with one attached hydrogen (secondary N) is 1. The zero-order valence-electron chi connectivity index (χ0n) is 11.6. The van der Waals surface area contributed by atoms with Crippen LogP contribution in [-0.4, -0.2) is 13.2 Å². The van der Waals surface area contributed by atoms with Gasteiger partial charge in [0.1, 0.15) is 13.2 Å². The van der Waals surface area contributed by atoms with E-state index >= 15 is 0 Å². The molecule has 0 unspecified atom stereocenters. The Labute approximate surface area is 133 Å². The number of fused-ring (bicyclic) bond motifs is 1. The second-order valence-electron chi connectivity index (χ2n) is 4.91. The Morgan fingerprint density at radius 2 is 1.76 bits per heavy atom. The number of hydrogen-bond acceptors (Lipinski definition) is 3. The first kappa shape index (κ1) is 14.4. The quantitative estimate of drug-likeness (QED) is 0.889. The molecule has 1 N–H and O–H groups in total. The van der Waals surface area contributed by atoms with Crippen molar-refractivity contribution in [2.75, 3.05) is 18.5 Å². The van der Waals surface area contributed by atoms with Gasteiger partial charge in [0.15, 0.2) is 11.5 Å². The monoisotopic (exact) mass is 323 g/mol. The van der Waals surface area contributed by atoms with E-state index in [2.05, 4.69) is 5.32 Å². The predicted molar refractivity (Wildman–Crippen MR) is 86.0 cm³/mol. The van der Waals surface area contributed by atoms with Crippen molar-refractivity contribution >= 4 is 28.9 Å². The van der Waals surface area contributed by atoms with E-state index in [0.717, 1.165) is 28.3 Å². The van der Waals surface area contributed by atoms with Gasteiger partial charge in [-0.1, -0.05) is 29.3 Å². The number of aryl methyl sites for hydroxylation is 1. The summed E-state index contributed by atoms with van der Waals surface area (Å²) < 4.78 is 11.1. The Morgan fingerprint density at radius 3 is 2.57 bits per heavy atom. The van der Waals surface area contributed by atoms with Crippen LogP contribution in [0.5, 0.6) is 11.5 Å². The maximum atomic E-state index is 6.22. The van der Waals surface area contributed by atoms with E-state index in [1.54, 1.807) is 0 Å². The molecule has 3 rings (SSSR count). The highest BCUT2D eigenvalue weighted by molar-refractivity contribution is 6.35. The van der Waals surface area contributed by atoms with Crippen molar-refractivity contribution in [2.45, 2.75) is 13.5 Å². The third kappa shape index (κ3) is 3.20. The van der Waals surface area contributed by atoms with Crippen molar-refractivity contribution in [3.05, 3.63) is 51.5 Å². The van der Waals surface area contributed by atoms with Crippen LogP contribution >= 0.6 is 23.2 Å². The topological polar surface area (TPSA) is 30.5 Å². The third-order valence-electron chi connectivity index (χ3n) is 3.34. The van der Waals surface area contributed by atoms with Gasteiger partial charge >= 0.3 is 0 Å². The maximum absolute atomic E-state index is 6.22. The molecular weight excluding hydrogens is 309 g/mol. The average Bonchev–Trinajstić information content (AvgIpc) is 2.49. The number of benzene rings is 2. The van der Waals surface area contributed by atoms with E-state index in [4.69, 9.17) is 32.7 Å². The molecule has 0 saturated heterocycles. The lowest BCUT2D eigenvalue weighted by molar-refractivity contribution is 0.171. The summed E-state index contributed by atoms with van der Waals surface area (Å²) in [6.07, 6.45) is 0. The van der Waals surface area contributed by atoms with Crippen LogP contribution in [-0.2, 0) is 6.54 Å². The fraction of sp³-hybridized carbons (Fsp3) is 0.250. The van der Waals surface area contributed by atoms with E-state index in [1.165, 1.54) is 0 Å². The standard InChI is InChI=1S/C16H15Cl2NO2/c1-10-6-13(18)14(8-12(10)17)19-9-11-2-3-15-16(7-11)21-5-4-20-15/h2-3,6-8,19H,4-5,9H2,1H3. The van der Waals surface area contributed by atoms with Crippen molar-refractivity contribution in [2.24, 2.45) is 0 Å². The Kier molecular flexibility index (Phi) is 4.13. The van der Waals surface area contributed by atoms with E-state index in [9.17, 15) is 0 Å². The van der Waals surface area contributed by atoms with Crippen molar-refractivity contribution in [3.63, 3.8) is 0 Å². The highest BCUT2D eigenvalue weighted by Crippen LogP contribution is 2.32. The Hall–Kier alpha value is -1.58. The highest BCUT2D eigenvalue weighted by Gasteiger charge is 2.12. The molecule has 0 aliphatic carbocycles. The normalized spacial score (nSPS) is 13.1. The summed E-state index contributed by atoms with van der Waals surface area (Å²) in [6.45, 7) is 3.75. The molecule has 0 radical (unpaired) electrons. The second kappa shape index (κ2) is 6.04. The highest BCUT2D eigenvalue weighted by atomic mass is 35.5. The van der Waals surface area contributed by atoms with Crippen LogP contribution in [0.25, 0.3) is 0 Å². The van der Waals surface area contributed by atoms with E-state index in [0.29, 0.717) is 29.8 Å². The molecule has 0 atom stereocenters. The number of ether oxygens (including phenoxy) is 2. The second-order valence-corrected chi connectivity index (χ2v) is 5.73. The lowest BCUT2D eigenvalue weighted by Gasteiger charge is -2.19. The first-order valence-electron chi connectivity index (χ1n) is 6.71. The summed E-state index contributed by atoms with van der Waals surface area (Å²) in [6, 6.07) is 9.61. The van der Waals surface area contributed by atoms with E-state index in [-0.39, 0.29) is 0 Å². The molecule has 0 spiro atoms. The Balaban J connectivity index is 1.74. The lowest BCUT2D eigenvalue weighted by Crippen LogP contribution is -2.15. The van der Waals surface area contributed by atoms with Gasteiger partial charge in [-0.2, -0.15) is 0 Å². The molecule has 1 aliphatic rings. The molecule has 3 nitrogen and oxygen atoms in total. The van der Waals surface area contributed by atoms with Crippen molar-refractivity contribution in [3.8, 4) is 11.5 Å². The van der Waals surface area contributed by atoms with Gasteiger partial charge in [0.2, 0.25) is 0 Å². The van der Waals surface area contributed by atoms with Crippen molar-refractivity contribution in [1.82, 2.24) is 0 Å². The molecule has 0 amide bonds. The molecule has 1 aliphatic heterocycles. The first-order chi connectivity index (χ1) is 10.1. The number of halogens is 2. The van der Waals surface area contributed by atoms with Gasteiger partial charge in [-0.05, 0) is 42.3 Å². The molecule has 0 aromatic heterocycles. The minimum atomic E-state index is 0.587. The van der Waals surface area contributed by atoms with Gasteiger partial charge in [0.25, 0.3) is 0 Å². The molecule has 21 heavy (non-hydrogen) atoms. The fourth-order valence-electron chi connectivity index (χ4n) is 2.18. The molecule has 110 valence electrons. The largest absolute Gasteiger partial charge is 0.486 e. The fourth-order valence-corrected chi connectivity index (χ4v) is 2.63. The van der Waals surface area contributed by atoms with Crippen LogP contribution in [0.3, 0.4) is 0 Å². The Morgan fingerprint density at radius 1 is 1.00 bits per heavy atom. The lowest BCUT2D eigenvalue weighted by atomic mass is 10.1. The van der Waals surface area contributed by atoms with Crippen LogP contribution in [0.2, 0.25) is 10.0 Å². The van der Waals surface area contributed by atoms with E-state index in [1.807, 2.05) is 37.3 Å². The van der Waals surface area contributed by atoms with Crippen molar-refractivity contribution < 1.29 is 9.47 Å². The van der Waals surface area contributed by atoms with Crippen LogP contribution in [0.1, 0.15) is 11.1 Å². The van der Waals surface area contributed by atoms with Crippen LogP contribution in [0.15, 0.2) is 30.3 Å². The smallest absolute Gasteiger partial charge is 0.161 e. The van der Waals surface area contributed by atoms with Gasteiger partial charge in [-0.25, -0.2) is 0 Å². The predicted octanol–water partition coefficient (Wildman–Crippen LogP) is 4.69. The number of anilines is 1. The molecular formula is C16H15Cl2NO2. The van der Waals surface area contributed by atoms with Gasteiger partial charge in [0.05, 0.1) is 10.7 Å². The summed E-state index contributed by atoms with van der Waals surface area (Å²) in [4.78, 5) is 0. The van der Waals surface area contributed by atoms with Gasteiger partial charge < -0.3 is 14.8 Å². The first-order valence-corrected chi connectivity index (χ1v) is 7.47. The summed E-state index contributed by atoms with van der Waals surface area (Å²) in [5.41, 5.74) is 2.88. The van der Waals surface area contributed by atoms with Crippen LogP contribution in [0.4, 0.5) is 5.69 Å². The SMILES string of the molecule is Cc1cc(Cl)c(NCc2ccc3c(c2)OCCO3)cc1Cl. The van der Waals surface area contributed by atoms with Gasteiger partial charge in [-0.15, -0.1) is 0 Å². The number of hydrogen-bond donors (Lipinski definition) is 1. The average molecular weight is 324 g/mol. The molecule has 5 heteroatoms. The van der Waals surface area contributed by atoms with Gasteiger partial charge in [-0.3, -0.25) is 0 Å². The van der Waals surface area contributed by atoms with E-state index < -0.39 is 0 Å². The minimum absolute atomic E-state index is 0.587. The summed E-state index contributed by atoms with van der Waals surface area (Å²) in [5, 5.41) is 4.65. The molecule has 2 aromatic carbocycles. The van der Waals surface area contributed by atoms with Crippen LogP contribution in [0, 0.1) is 6.92 Å². The van der Waals surface area contributed by atoms with Crippen molar-refractivity contribution in [1.29, 1.82) is 0 Å². The molecule has 0 fully saturated rings. The maximum Gasteiger partial charge on any atom is 0.161 e. The summed E-state index contributed by atoms with van der Waals surface area (Å²) in [5.74, 6) is 1.58. The van der Waals surface area contributed by atoms with Gasteiger partial charge in [0, 0.05) is 11.6 Å². The Bertz CT molecular complexity index is 674. The zero-order chi connectivity index (χ0) is 14.8. The summed E-state index contributed by atoms with van der Waals surface area (Å²) in [7, 11) is 0. The molecule has 0 saturated carbocycles. The number of rotatable bonds is 3. The minimum Gasteiger partial charge on any atom is -0.486 e. The summed E-state index contributed by atoms with van der Waals surface area (Å²) >= 11 is 12.3. The van der Waals surface area contributed by atoms with Crippen LogP contribution < -0.4 is 14.8 Å². The molecule has 1 heterocycles. The molecule has 2 aromatic rings. The molecule has 0 bridgehead atoms.